The van der Waals surface area contributed by atoms with E-state index in [9.17, 15) is 22.8 Å². The van der Waals surface area contributed by atoms with E-state index in [0.29, 0.717) is 38.9 Å². The van der Waals surface area contributed by atoms with E-state index in [-0.39, 0.29) is 5.91 Å². The first-order valence-electron chi connectivity index (χ1n) is 7.81. The van der Waals surface area contributed by atoms with E-state index in [0.717, 1.165) is 17.7 Å². The Hall–Kier alpha value is -2.09. The van der Waals surface area contributed by atoms with Crippen LogP contribution in [0.5, 0.6) is 0 Å². The largest absolute Gasteiger partial charge is 0.416 e. The molecule has 5 nitrogen and oxygen atoms in total. The number of benzene rings is 1. The lowest BCUT2D eigenvalue weighted by Crippen LogP contribution is -2.55. The molecule has 24 heavy (non-hydrogen) atoms. The fourth-order valence-corrected chi connectivity index (χ4v) is 3.19. The molecule has 0 atom stereocenters. The maximum atomic E-state index is 12.5. The number of likely N-dealkylation sites (tertiary alicyclic amines) is 1. The molecule has 2 saturated heterocycles. The second-order valence-electron chi connectivity index (χ2n) is 6.28. The minimum Gasteiger partial charge on any atom is -0.323 e. The lowest BCUT2D eigenvalue weighted by atomic mass is 9.87. The molecule has 1 aromatic carbocycles. The number of hydrogen-bond acceptors (Lipinski definition) is 3. The van der Waals surface area contributed by atoms with Gasteiger partial charge in [-0.2, -0.15) is 13.2 Å². The molecule has 130 valence electrons. The van der Waals surface area contributed by atoms with Gasteiger partial charge in [0, 0.05) is 19.6 Å². The Bertz CT molecular complexity index is 635. The Labute approximate surface area is 137 Å². The van der Waals surface area contributed by atoms with Crippen molar-refractivity contribution in [3.8, 4) is 0 Å². The van der Waals surface area contributed by atoms with Crippen molar-refractivity contribution in [3.05, 3.63) is 35.4 Å². The molecule has 2 N–H and O–H groups in total. The molecule has 8 heteroatoms. The zero-order chi connectivity index (χ0) is 17.4. The van der Waals surface area contributed by atoms with Crippen LogP contribution in [0.2, 0.25) is 0 Å². The number of imide groups is 1. The van der Waals surface area contributed by atoms with Crippen LogP contribution in [0.3, 0.4) is 0 Å². The van der Waals surface area contributed by atoms with Crippen molar-refractivity contribution in [2.45, 2.75) is 31.0 Å². The summed E-state index contributed by atoms with van der Waals surface area (Å²) in [6, 6.07) is 4.74. The molecular weight excluding hydrogens is 323 g/mol. The number of hydrogen-bond donors (Lipinski definition) is 2. The molecule has 0 unspecified atom stereocenters. The number of nitrogens with zero attached hydrogens (tertiary/aromatic N) is 1. The number of carbonyl (C=O) groups excluding carboxylic acids is 2. The molecule has 0 saturated carbocycles. The van der Waals surface area contributed by atoms with Gasteiger partial charge in [0.05, 0.1) is 5.56 Å². The third-order valence-electron chi connectivity index (χ3n) is 4.72. The Kier molecular flexibility index (Phi) is 4.25. The number of halogens is 3. The first kappa shape index (κ1) is 16.8. The number of carbonyl (C=O) groups is 2. The molecular formula is C16H18F3N3O2. The predicted octanol–water partition coefficient (Wildman–Crippen LogP) is 1.92. The van der Waals surface area contributed by atoms with Crippen molar-refractivity contribution >= 4 is 11.9 Å². The third kappa shape index (κ3) is 3.38. The number of piperidine rings is 1. The summed E-state index contributed by atoms with van der Waals surface area (Å²) in [5.74, 6) is -0.269. The highest BCUT2D eigenvalue weighted by Crippen LogP contribution is 2.29. The fourth-order valence-electron chi connectivity index (χ4n) is 3.19. The Morgan fingerprint density at radius 3 is 2.21 bits per heavy atom. The van der Waals surface area contributed by atoms with Gasteiger partial charge >= 0.3 is 12.2 Å². The topological polar surface area (TPSA) is 61.4 Å². The van der Waals surface area contributed by atoms with E-state index in [1.54, 1.807) is 0 Å². The number of rotatable bonds is 3. The minimum atomic E-state index is -4.31. The summed E-state index contributed by atoms with van der Waals surface area (Å²) < 4.78 is 37.6. The van der Waals surface area contributed by atoms with Crippen LogP contribution < -0.4 is 10.6 Å². The highest BCUT2D eigenvalue weighted by Gasteiger charge is 2.47. The highest BCUT2D eigenvalue weighted by atomic mass is 19.4. The van der Waals surface area contributed by atoms with E-state index in [1.165, 1.54) is 12.1 Å². The van der Waals surface area contributed by atoms with Gasteiger partial charge in [-0.1, -0.05) is 12.1 Å². The van der Waals surface area contributed by atoms with E-state index in [1.807, 2.05) is 0 Å². The highest BCUT2D eigenvalue weighted by molar-refractivity contribution is 6.07. The first-order chi connectivity index (χ1) is 11.3. The molecule has 3 amide bonds. The van der Waals surface area contributed by atoms with Gasteiger partial charge in [0.1, 0.15) is 5.54 Å². The summed E-state index contributed by atoms with van der Waals surface area (Å²) >= 11 is 0. The molecule has 0 bridgehead atoms. The maximum Gasteiger partial charge on any atom is 0.416 e. The second kappa shape index (κ2) is 6.08. The first-order valence-corrected chi connectivity index (χ1v) is 7.81. The van der Waals surface area contributed by atoms with E-state index < -0.39 is 23.3 Å². The van der Waals surface area contributed by atoms with Crippen molar-refractivity contribution in [2.24, 2.45) is 0 Å². The average Bonchev–Trinajstić information content (AvgIpc) is 2.80. The van der Waals surface area contributed by atoms with E-state index in [2.05, 4.69) is 15.5 Å². The molecule has 2 heterocycles. The number of amides is 3. The standard InChI is InChI=1S/C16H18F3N3O2/c17-16(18,19)12-3-1-11(2-4-12)5-8-22-9-6-15(7-10-22)13(23)20-14(24)21-15/h1-4H,5-10H2,(H2,20,21,23,24). The summed E-state index contributed by atoms with van der Waals surface area (Å²) in [6.07, 6.45) is -2.59. The molecule has 2 aliphatic rings. The van der Waals surface area contributed by atoms with Gasteiger partial charge in [-0.25, -0.2) is 4.79 Å². The molecule has 0 aliphatic carbocycles. The minimum absolute atomic E-state index is 0.269. The van der Waals surface area contributed by atoms with Gasteiger partial charge in [0.15, 0.2) is 0 Å². The number of nitrogens with one attached hydrogen (secondary N) is 2. The molecule has 2 fully saturated rings. The molecule has 1 aromatic rings. The Morgan fingerprint density at radius 2 is 1.71 bits per heavy atom. The van der Waals surface area contributed by atoms with Crippen LogP contribution >= 0.6 is 0 Å². The van der Waals surface area contributed by atoms with Gasteiger partial charge in [-0.05, 0) is 37.0 Å². The van der Waals surface area contributed by atoms with E-state index >= 15 is 0 Å². The van der Waals surface area contributed by atoms with Crippen LogP contribution in [0.15, 0.2) is 24.3 Å². The van der Waals surface area contributed by atoms with Crippen molar-refractivity contribution in [1.29, 1.82) is 0 Å². The smallest absolute Gasteiger partial charge is 0.323 e. The summed E-state index contributed by atoms with van der Waals surface area (Å²) in [6.45, 7) is 2.03. The van der Waals surface area contributed by atoms with Gasteiger partial charge in [0.25, 0.3) is 5.91 Å². The SMILES string of the molecule is O=C1NC(=O)C2(CCN(CCc3ccc(C(F)(F)F)cc3)CC2)N1. The van der Waals surface area contributed by atoms with Gasteiger partial charge < -0.3 is 10.2 Å². The van der Waals surface area contributed by atoms with Crippen LogP contribution in [0.25, 0.3) is 0 Å². The third-order valence-corrected chi connectivity index (χ3v) is 4.72. The zero-order valence-electron chi connectivity index (χ0n) is 12.9. The molecule has 1 spiro atoms. The summed E-state index contributed by atoms with van der Waals surface area (Å²) in [5.41, 5.74) is -0.591. The number of urea groups is 1. The fraction of sp³-hybridized carbons (Fsp3) is 0.500. The Balaban J connectivity index is 1.50. The number of alkyl halides is 3. The van der Waals surface area contributed by atoms with Crippen LogP contribution in [-0.2, 0) is 17.4 Å². The lowest BCUT2D eigenvalue weighted by molar-refractivity contribution is -0.137. The normalized spacial score (nSPS) is 21.0. The molecule has 3 rings (SSSR count). The molecule has 2 aliphatic heterocycles. The van der Waals surface area contributed by atoms with Crippen molar-refractivity contribution < 1.29 is 22.8 Å². The van der Waals surface area contributed by atoms with Crippen molar-refractivity contribution in [1.82, 2.24) is 15.5 Å². The lowest BCUT2D eigenvalue weighted by Gasteiger charge is -2.37. The summed E-state index contributed by atoms with van der Waals surface area (Å²) in [4.78, 5) is 25.3. The molecule has 0 aromatic heterocycles. The monoisotopic (exact) mass is 341 g/mol. The van der Waals surface area contributed by atoms with Crippen molar-refractivity contribution in [3.63, 3.8) is 0 Å². The van der Waals surface area contributed by atoms with E-state index in [4.69, 9.17) is 0 Å². The summed E-state index contributed by atoms with van der Waals surface area (Å²) in [7, 11) is 0. The molecule has 0 radical (unpaired) electrons. The average molecular weight is 341 g/mol. The maximum absolute atomic E-state index is 12.5. The van der Waals surface area contributed by atoms with Crippen molar-refractivity contribution in [2.75, 3.05) is 19.6 Å². The zero-order valence-corrected chi connectivity index (χ0v) is 12.9. The quantitative estimate of drug-likeness (QED) is 0.826. The van der Waals surface area contributed by atoms with Crippen LogP contribution in [0.1, 0.15) is 24.0 Å². The predicted molar refractivity (Wildman–Crippen MR) is 80.2 cm³/mol. The van der Waals surface area contributed by atoms with Gasteiger partial charge in [-0.15, -0.1) is 0 Å². The van der Waals surface area contributed by atoms with Crippen LogP contribution in [-0.4, -0.2) is 42.0 Å². The van der Waals surface area contributed by atoms with Crippen LogP contribution in [0.4, 0.5) is 18.0 Å². The summed E-state index contributed by atoms with van der Waals surface area (Å²) in [5, 5.41) is 4.97. The second-order valence-corrected chi connectivity index (χ2v) is 6.28. The Morgan fingerprint density at radius 1 is 1.08 bits per heavy atom. The van der Waals surface area contributed by atoms with Crippen LogP contribution in [0, 0.1) is 0 Å². The van der Waals surface area contributed by atoms with Gasteiger partial charge in [0.2, 0.25) is 0 Å². The van der Waals surface area contributed by atoms with Gasteiger partial charge in [-0.3, -0.25) is 10.1 Å².